The summed E-state index contributed by atoms with van der Waals surface area (Å²) in [7, 11) is -3.90. The molecular formula is C12H12BrN3O4S. The van der Waals surface area contributed by atoms with Gasteiger partial charge in [0.2, 0.25) is 0 Å². The third-order valence-electron chi connectivity index (χ3n) is 2.73. The summed E-state index contributed by atoms with van der Waals surface area (Å²) in [6, 6.07) is 5.35. The minimum atomic E-state index is -3.90. The van der Waals surface area contributed by atoms with Gasteiger partial charge in [-0.05, 0) is 40.5 Å². The van der Waals surface area contributed by atoms with Crippen molar-refractivity contribution >= 4 is 37.7 Å². The van der Waals surface area contributed by atoms with Gasteiger partial charge in [-0.25, -0.2) is 13.2 Å². The molecule has 0 aliphatic rings. The molecule has 0 spiro atoms. The topological polar surface area (TPSA) is 112 Å². The van der Waals surface area contributed by atoms with E-state index in [2.05, 4.69) is 30.8 Å². The van der Waals surface area contributed by atoms with Crippen LogP contribution < -0.4 is 4.72 Å². The monoisotopic (exact) mass is 373 g/mol. The Bertz CT molecular complexity index is 786. The van der Waals surface area contributed by atoms with E-state index in [1.807, 2.05) is 6.92 Å². The number of aromatic nitrogens is 2. The molecule has 1 heterocycles. The van der Waals surface area contributed by atoms with E-state index < -0.39 is 16.0 Å². The number of hydrogen-bond acceptors (Lipinski definition) is 4. The third kappa shape index (κ3) is 3.42. The lowest BCUT2D eigenvalue weighted by atomic mass is 10.2. The molecule has 7 nitrogen and oxygen atoms in total. The molecule has 2 aromatic rings. The van der Waals surface area contributed by atoms with Crippen LogP contribution in [0.25, 0.3) is 0 Å². The number of carbonyl (C=O) groups is 1. The van der Waals surface area contributed by atoms with Gasteiger partial charge in [0.05, 0.1) is 10.5 Å². The Balaban J connectivity index is 2.35. The Morgan fingerprint density at radius 3 is 2.71 bits per heavy atom. The number of rotatable bonds is 5. The molecule has 0 aliphatic carbocycles. The molecule has 0 aliphatic heterocycles. The van der Waals surface area contributed by atoms with Crippen LogP contribution in [-0.4, -0.2) is 29.7 Å². The number of sulfonamides is 1. The number of nitrogens with one attached hydrogen (secondary N) is 2. The quantitative estimate of drug-likeness (QED) is 0.743. The maximum Gasteiger partial charge on any atom is 0.336 e. The number of aromatic amines is 1. The zero-order valence-corrected chi connectivity index (χ0v) is 13.3. The minimum absolute atomic E-state index is 0.130. The Morgan fingerprint density at radius 1 is 1.43 bits per heavy atom. The number of aromatic carboxylic acids is 1. The second kappa shape index (κ2) is 5.86. The number of carboxylic acids is 1. The van der Waals surface area contributed by atoms with E-state index in [0.717, 1.165) is 11.8 Å². The zero-order chi connectivity index (χ0) is 15.6. The first-order chi connectivity index (χ1) is 9.83. The standard InChI is InChI=1S/C12H12BrN3O4S/c1-2-7-5-11(15-14-7)16-21(19,20)8-3-4-10(13)9(6-8)12(17)18/h3-6H,2H2,1H3,(H,17,18)(H2,14,15,16). The molecule has 0 unspecified atom stereocenters. The van der Waals surface area contributed by atoms with Gasteiger partial charge in [0, 0.05) is 16.2 Å². The van der Waals surface area contributed by atoms with Gasteiger partial charge in [-0.2, -0.15) is 5.10 Å². The molecule has 0 amide bonds. The maximum absolute atomic E-state index is 12.2. The maximum atomic E-state index is 12.2. The number of hydrogen-bond donors (Lipinski definition) is 3. The predicted octanol–water partition coefficient (Wildman–Crippen LogP) is 2.23. The van der Waals surface area contributed by atoms with Crippen molar-refractivity contribution in [3.05, 3.63) is 40.0 Å². The molecule has 1 aromatic carbocycles. The van der Waals surface area contributed by atoms with Crippen LogP contribution >= 0.6 is 15.9 Å². The van der Waals surface area contributed by atoms with Gasteiger partial charge in [0.1, 0.15) is 0 Å². The van der Waals surface area contributed by atoms with Crippen LogP contribution in [-0.2, 0) is 16.4 Å². The van der Waals surface area contributed by atoms with Crippen molar-refractivity contribution in [3.8, 4) is 0 Å². The van der Waals surface area contributed by atoms with Crippen LogP contribution in [0.5, 0.6) is 0 Å². The summed E-state index contributed by atoms with van der Waals surface area (Å²) >= 11 is 3.06. The molecular weight excluding hydrogens is 362 g/mol. The summed E-state index contributed by atoms with van der Waals surface area (Å²) < 4.78 is 27.0. The molecule has 0 radical (unpaired) electrons. The van der Waals surface area contributed by atoms with Crippen molar-refractivity contribution in [1.82, 2.24) is 10.2 Å². The van der Waals surface area contributed by atoms with Crippen LogP contribution in [0, 0.1) is 0 Å². The smallest absolute Gasteiger partial charge is 0.336 e. The summed E-state index contributed by atoms with van der Waals surface area (Å²) in [4.78, 5) is 10.9. The molecule has 3 N–H and O–H groups in total. The summed E-state index contributed by atoms with van der Waals surface area (Å²) in [5.74, 6) is -1.06. The number of nitrogens with zero attached hydrogens (tertiary/aromatic N) is 1. The molecule has 9 heteroatoms. The first kappa shape index (κ1) is 15.5. The first-order valence-electron chi connectivity index (χ1n) is 5.93. The second-order valence-electron chi connectivity index (χ2n) is 4.18. The fourth-order valence-corrected chi connectivity index (χ4v) is 3.06. The van der Waals surface area contributed by atoms with E-state index in [4.69, 9.17) is 5.11 Å². The lowest BCUT2D eigenvalue weighted by Crippen LogP contribution is -2.14. The number of carboxylic acid groups (broad SMARTS) is 1. The molecule has 112 valence electrons. The molecule has 0 atom stereocenters. The lowest BCUT2D eigenvalue weighted by molar-refractivity contribution is 0.0695. The van der Waals surface area contributed by atoms with Gasteiger partial charge in [-0.1, -0.05) is 6.92 Å². The fraction of sp³-hybridized carbons (Fsp3) is 0.167. The average Bonchev–Trinajstić information content (AvgIpc) is 2.85. The van der Waals surface area contributed by atoms with Crippen LogP contribution in [0.4, 0.5) is 5.82 Å². The molecule has 2 rings (SSSR count). The highest BCUT2D eigenvalue weighted by Gasteiger charge is 2.19. The van der Waals surface area contributed by atoms with Gasteiger partial charge in [0.15, 0.2) is 5.82 Å². The van der Waals surface area contributed by atoms with Gasteiger partial charge in [-0.15, -0.1) is 0 Å². The van der Waals surface area contributed by atoms with Crippen LogP contribution in [0.15, 0.2) is 33.6 Å². The molecule has 21 heavy (non-hydrogen) atoms. The predicted molar refractivity (Wildman–Crippen MR) is 79.9 cm³/mol. The molecule has 1 aromatic heterocycles. The largest absolute Gasteiger partial charge is 0.478 e. The molecule has 0 fully saturated rings. The number of benzene rings is 1. The number of anilines is 1. The first-order valence-corrected chi connectivity index (χ1v) is 8.21. The zero-order valence-electron chi connectivity index (χ0n) is 10.9. The fourth-order valence-electron chi connectivity index (χ4n) is 1.63. The summed E-state index contributed by atoms with van der Waals surface area (Å²) in [5, 5.41) is 15.5. The van der Waals surface area contributed by atoms with Gasteiger partial charge in [-0.3, -0.25) is 9.82 Å². The van der Waals surface area contributed by atoms with Crippen molar-refractivity contribution in [2.45, 2.75) is 18.2 Å². The Labute approximate surface area is 129 Å². The van der Waals surface area contributed by atoms with Crippen molar-refractivity contribution in [3.63, 3.8) is 0 Å². The van der Waals surface area contributed by atoms with Crippen molar-refractivity contribution in [1.29, 1.82) is 0 Å². The van der Waals surface area contributed by atoms with Crippen LogP contribution in [0.3, 0.4) is 0 Å². The van der Waals surface area contributed by atoms with E-state index in [1.54, 1.807) is 6.07 Å². The highest BCUT2D eigenvalue weighted by Crippen LogP contribution is 2.22. The third-order valence-corrected chi connectivity index (χ3v) is 4.77. The van der Waals surface area contributed by atoms with Crippen LogP contribution in [0.2, 0.25) is 0 Å². The Morgan fingerprint density at radius 2 is 2.14 bits per heavy atom. The second-order valence-corrected chi connectivity index (χ2v) is 6.72. The summed E-state index contributed by atoms with van der Waals surface area (Å²) in [6.07, 6.45) is 0.691. The van der Waals surface area contributed by atoms with Crippen molar-refractivity contribution < 1.29 is 18.3 Å². The minimum Gasteiger partial charge on any atom is -0.478 e. The molecule has 0 saturated heterocycles. The normalized spacial score (nSPS) is 11.3. The SMILES string of the molecule is CCc1cc(NS(=O)(=O)c2ccc(Br)c(C(=O)O)c2)n[nH]1. The number of aryl methyl sites for hydroxylation is 1. The highest BCUT2D eigenvalue weighted by atomic mass is 79.9. The van der Waals surface area contributed by atoms with Gasteiger partial charge in [0.25, 0.3) is 10.0 Å². The number of halogens is 1. The Kier molecular flexibility index (Phi) is 4.33. The van der Waals surface area contributed by atoms with Gasteiger partial charge < -0.3 is 5.11 Å². The Hall–Kier alpha value is -1.87. The number of H-pyrrole nitrogens is 1. The van der Waals surface area contributed by atoms with E-state index in [0.29, 0.717) is 10.9 Å². The average molecular weight is 374 g/mol. The van der Waals surface area contributed by atoms with Crippen molar-refractivity contribution in [2.24, 2.45) is 0 Å². The van der Waals surface area contributed by atoms with E-state index in [1.165, 1.54) is 12.1 Å². The van der Waals surface area contributed by atoms with E-state index >= 15 is 0 Å². The van der Waals surface area contributed by atoms with E-state index in [9.17, 15) is 13.2 Å². The highest BCUT2D eigenvalue weighted by molar-refractivity contribution is 9.10. The van der Waals surface area contributed by atoms with Crippen molar-refractivity contribution in [2.75, 3.05) is 4.72 Å². The van der Waals surface area contributed by atoms with Crippen LogP contribution in [0.1, 0.15) is 23.0 Å². The molecule has 0 bridgehead atoms. The lowest BCUT2D eigenvalue weighted by Gasteiger charge is -2.07. The summed E-state index contributed by atoms with van der Waals surface area (Å²) in [6.45, 7) is 1.90. The van der Waals surface area contributed by atoms with E-state index in [-0.39, 0.29) is 16.3 Å². The molecule has 0 saturated carbocycles. The van der Waals surface area contributed by atoms with Gasteiger partial charge >= 0.3 is 5.97 Å². The summed E-state index contributed by atoms with van der Waals surface area (Å²) in [5.41, 5.74) is 0.656.